The monoisotopic (exact) mass is 442 g/mol. The molecular formula is C22H19ClN2O4S. The Morgan fingerprint density at radius 3 is 1.93 bits per heavy atom. The van der Waals surface area contributed by atoms with Gasteiger partial charge in [-0.25, -0.2) is 8.42 Å². The molecule has 7 atom stereocenters. The lowest BCUT2D eigenvalue weighted by Gasteiger charge is -2.20. The van der Waals surface area contributed by atoms with Gasteiger partial charge in [0.15, 0.2) is 0 Å². The summed E-state index contributed by atoms with van der Waals surface area (Å²) in [5.74, 6) is -1.48. The highest BCUT2D eigenvalue weighted by molar-refractivity contribution is 7.89. The highest BCUT2D eigenvalue weighted by Gasteiger charge is 2.78. The van der Waals surface area contributed by atoms with Gasteiger partial charge >= 0.3 is 0 Å². The number of carbonyl (C=O) groups excluding carboxylic acids is 2. The van der Waals surface area contributed by atoms with Crippen LogP contribution in [0.5, 0.6) is 0 Å². The van der Waals surface area contributed by atoms with E-state index in [4.69, 9.17) is 11.6 Å². The number of imide groups is 1. The lowest BCUT2D eigenvalue weighted by molar-refractivity contribution is -0.123. The fraction of sp³-hybridized carbons (Fsp3) is 0.364. The van der Waals surface area contributed by atoms with Gasteiger partial charge in [-0.3, -0.25) is 14.5 Å². The Morgan fingerprint density at radius 2 is 1.40 bits per heavy atom. The van der Waals surface area contributed by atoms with Gasteiger partial charge in [0.2, 0.25) is 21.8 Å². The van der Waals surface area contributed by atoms with Crippen LogP contribution in [-0.2, 0) is 19.6 Å². The van der Waals surface area contributed by atoms with Crippen LogP contribution >= 0.6 is 11.6 Å². The molecule has 2 aliphatic carbocycles. The molecule has 2 aromatic rings. The first kappa shape index (κ1) is 18.5. The van der Waals surface area contributed by atoms with Crippen molar-refractivity contribution in [1.82, 2.24) is 4.31 Å². The molecule has 6 rings (SSSR count). The summed E-state index contributed by atoms with van der Waals surface area (Å²) in [4.78, 5) is 28.0. The van der Waals surface area contributed by atoms with Crippen LogP contribution in [0.4, 0.5) is 5.69 Å². The van der Waals surface area contributed by atoms with Gasteiger partial charge in [-0.15, -0.1) is 0 Å². The standard InChI is InChI=1S/C22H19ClN2O4S/c1-11-2-8-14(9-3-11)30(28,29)25-19-15-10-16(20(19)25)18-17(15)21(26)24(22(18)27)13-6-4-12(23)5-7-13/h2-9,15-20H,10H2,1H3/t15-,16+,17-,18+,19-,20+,25?. The summed E-state index contributed by atoms with van der Waals surface area (Å²) in [5.41, 5.74) is 1.52. The summed E-state index contributed by atoms with van der Waals surface area (Å²) >= 11 is 5.94. The number of fused-ring (bicyclic) bond motifs is 8. The minimum Gasteiger partial charge on any atom is -0.274 e. The molecule has 30 heavy (non-hydrogen) atoms. The van der Waals surface area contributed by atoms with Gasteiger partial charge < -0.3 is 0 Å². The molecule has 0 aromatic heterocycles. The van der Waals surface area contributed by atoms with Gasteiger partial charge in [0, 0.05) is 17.1 Å². The number of nitrogens with zero attached hydrogens (tertiary/aromatic N) is 2. The first-order chi connectivity index (χ1) is 14.3. The Balaban J connectivity index is 1.31. The van der Waals surface area contributed by atoms with E-state index in [9.17, 15) is 18.0 Å². The molecule has 2 amide bonds. The zero-order valence-electron chi connectivity index (χ0n) is 16.1. The second-order valence-electron chi connectivity index (χ2n) is 8.73. The summed E-state index contributed by atoms with van der Waals surface area (Å²) < 4.78 is 27.9. The zero-order valence-corrected chi connectivity index (χ0v) is 17.7. The number of halogens is 1. The summed E-state index contributed by atoms with van der Waals surface area (Å²) in [6, 6.07) is 13.1. The first-order valence-corrected chi connectivity index (χ1v) is 11.9. The maximum atomic E-state index is 13.2. The van der Waals surface area contributed by atoms with Crippen LogP contribution in [0.2, 0.25) is 5.02 Å². The van der Waals surface area contributed by atoms with Crippen molar-refractivity contribution >= 4 is 39.1 Å². The second kappa shape index (κ2) is 5.93. The topological polar surface area (TPSA) is 74.5 Å². The fourth-order valence-corrected chi connectivity index (χ4v) is 8.05. The molecule has 6 nitrogen and oxygen atoms in total. The molecule has 2 saturated carbocycles. The van der Waals surface area contributed by atoms with E-state index < -0.39 is 21.9 Å². The van der Waals surface area contributed by atoms with Crippen LogP contribution in [-0.4, -0.2) is 36.6 Å². The maximum Gasteiger partial charge on any atom is 0.243 e. The zero-order chi connectivity index (χ0) is 20.9. The van der Waals surface area contributed by atoms with E-state index in [1.807, 2.05) is 6.92 Å². The van der Waals surface area contributed by atoms with Crippen molar-refractivity contribution < 1.29 is 18.0 Å². The molecule has 2 heterocycles. The molecule has 2 aromatic carbocycles. The number of benzene rings is 2. The van der Waals surface area contributed by atoms with Gasteiger partial charge in [0.05, 0.1) is 22.4 Å². The molecule has 8 heteroatoms. The Bertz CT molecular complexity index is 1160. The van der Waals surface area contributed by atoms with Crippen molar-refractivity contribution in [2.45, 2.75) is 30.3 Å². The second-order valence-corrected chi connectivity index (χ2v) is 11.0. The van der Waals surface area contributed by atoms with E-state index >= 15 is 0 Å². The number of hydrogen-bond acceptors (Lipinski definition) is 4. The summed E-state index contributed by atoms with van der Waals surface area (Å²) in [5, 5.41) is 0.538. The number of piperidine rings is 1. The van der Waals surface area contributed by atoms with E-state index in [2.05, 4.69) is 0 Å². The minimum absolute atomic E-state index is 0.0982. The minimum atomic E-state index is -3.62. The number of anilines is 1. The molecule has 2 bridgehead atoms. The third-order valence-electron chi connectivity index (χ3n) is 7.27. The first-order valence-electron chi connectivity index (χ1n) is 10.0. The normalized spacial score (nSPS) is 36.2. The number of aryl methyl sites for hydroxylation is 1. The summed E-state index contributed by atoms with van der Waals surface area (Å²) in [6.07, 6.45) is 0.747. The van der Waals surface area contributed by atoms with Crippen LogP contribution in [0.1, 0.15) is 12.0 Å². The van der Waals surface area contributed by atoms with Gasteiger partial charge in [-0.05, 0) is 61.6 Å². The van der Waals surface area contributed by atoms with Crippen molar-refractivity contribution in [3.63, 3.8) is 0 Å². The quantitative estimate of drug-likeness (QED) is 0.541. The Hall–Kier alpha value is -2.22. The molecule has 0 spiro atoms. The number of rotatable bonds is 3. The largest absolute Gasteiger partial charge is 0.274 e. The molecule has 2 saturated heterocycles. The van der Waals surface area contributed by atoms with E-state index in [0.717, 1.165) is 12.0 Å². The predicted octanol–water partition coefficient (Wildman–Crippen LogP) is 2.85. The highest BCUT2D eigenvalue weighted by atomic mass is 35.5. The lowest BCUT2D eigenvalue weighted by atomic mass is 9.81. The van der Waals surface area contributed by atoms with Crippen molar-refractivity contribution in [2.75, 3.05) is 4.90 Å². The van der Waals surface area contributed by atoms with E-state index in [1.54, 1.807) is 52.8 Å². The molecule has 4 fully saturated rings. The van der Waals surface area contributed by atoms with E-state index in [-0.39, 0.29) is 40.6 Å². The summed E-state index contributed by atoms with van der Waals surface area (Å²) in [7, 11) is -3.62. The van der Waals surface area contributed by atoms with Crippen LogP contribution in [0, 0.1) is 30.6 Å². The van der Waals surface area contributed by atoms with Crippen molar-refractivity contribution in [1.29, 1.82) is 0 Å². The lowest BCUT2D eigenvalue weighted by Crippen LogP contribution is -2.34. The van der Waals surface area contributed by atoms with Gasteiger partial charge in [0.1, 0.15) is 0 Å². The SMILES string of the molecule is Cc1ccc(S(=O)(=O)N2[C@@H]3[C@@H]4C[C@@H]([C@@H]5C(=O)N(c6ccc(Cl)cc6)C(=O)[C@H]45)[C@@H]32)cc1. The number of amides is 2. The smallest absolute Gasteiger partial charge is 0.243 e. The highest BCUT2D eigenvalue weighted by Crippen LogP contribution is 2.66. The van der Waals surface area contributed by atoms with Crippen LogP contribution in [0.3, 0.4) is 0 Å². The number of carbonyl (C=O) groups is 2. The molecular weight excluding hydrogens is 424 g/mol. The van der Waals surface area contributed by atoms with E-state index in [1.165, 1.54) is 4.90 Å². The number of sulfonamides is 1. The van der Waals surface area contributed by atoms with Crippen molar-refractivity contribution in [3.8, 4) is 0 Å². The van der Waals surface area contributed by atoms with Gasteiger partial charge in [-0.1, -0.05) is 29.3 Å². The van der Waals surface area contributed by atoms with Crippen LogP contribution in [0.15, 0.2) is 53.4 Å². The molecule has 0 radical (unpaired) electrons. The van der Waals surface area contributed by atoms with Gasteiger partial charge in [-0.2, -0.15) is 4.31 Å². The Labute approximate surface area is 179 Å². The number of hydrogen-bond donors (Lipinski definition) is 0. The van der Waals surface area contributed by atoms with Crippen LogP contribution in [0.25, 0.3) is 0 Å². The van der Waals surface area contributed by atoms with Crippen molar-refractivity contribution in [2.24, 2.45) is 23.7 Å². The molecule has 154 valence electrons. The third kappa shape index (κ3) is 2.26. The summed E-state index contributed by atoms with van der Waals surface area (Å²) in [6.45, 7) is 1.91. The van der Waals surface area contributed by atoms with E-state index in [0.29, 0.717) is 10.7 Å². The Kier molecular flexibility index (Phi) is 3.67. The molecule has 4 aliphatic rings. The Morgan fingerprint density at radius 1 is 0.867 bits per heavy atom. The average Bonchev–Trinajstić information content (AvgIpc) is 3.11. The third-order valence-corrected chi connectivity index (χ3v) is 9.43. The fourth-order valence-electron chi connectivity index (χ4n) is 6.05. The average molecular weight is 443 g/mol. The molecule has 0 N–H and O–H groups in total. The molecule has 1 unspecified atom stereocenters. The van der Waals surface area contributed by atoms with Gasteiger partial charge in [0.25, 0.3) is 0 Å². The predicted molar refractivity (Wildman–Crippen MR) is 110 cm³/mol. The van der Waals surface area contributed by atoms with Crippen molar-refractivity contribution in [3.05, 3.63) is 59.1 Å². The molecule has 2 aliphatic heterocycles. The van der Waals surface area contributed by atoms with Crippen LogP contribution < -0.4 is 4.90 Å². The maximum absolute atomic E-state index is 13.2.